The van der Waals surface area contributed by atoms with Crippen LogP contribution in [0.2, 0.25) is 0 Å². The predicted octanol–water partition coefficient (Wildman–Crippen LogP) is 1.84. The van der Waals surface area contributed by atoms with Crippen LogP contribution in [0.1, 0.15) is 44.9 Å². The Balaban J connectivity index is 1.79. The number of nitrogens with one attached hydrogen (secondary N) is 2. The van der Waals surface area contributed by atoms with Crippen LogP contribution in [0.5, 0.6) is 0 Å². The van der Waals surface area contributed by atoms with Gasteiger partial charge in [-0.3, -0.25) is 4.99 Å². The molecule has 1 saturated heterocycles. The van der Waals surface area contributed by atoms with Crippen molar-refractivity contribution in [2.24, 2.45) is 10.9 Å². The molecule has 2 rings (SSSR count). The Bertz CT molecular complexity index is 345. The fourth-order valence-corrected chi connectivity index (χ4v) is 3.63. The largest absolute Gasteiger partial charge is 0.381 e. The highest BCUT2D eigenvalue weighted by Crippen LogP contribution is 2.25. The molecular weight excluding hydrogens is 276 g/mol. The normalized spacial score (nSPS) is 23.5. The summed E-state index contributed by atoms with van der Waals surface area (Å²) in [5, 5.41) is 7.07. The molecule has 128 valence electrons. The lowest BCUT2D eigenvalue weighted by molar-refractivity contribution is -0.00501. The van der Waals surface area contributed by atoms with E-state index in [1.807, 2.05) is 7.05 Å². The van der Waals surface area contributed by atoms with Crippen molar-refractivity contribution in [3.8, 4) is 0 Å². The number of aliphatic imine (C=N–C) groups is 1. The van der Waals surface area contributed by atoms with Crippen molar-refractivity contribution in [2.75, 3.05) is 47.4 Å². The Morgan fingerprint density at radius 1 is 1.14 bits per heavy atom. The second-order valence-electron chi connectivity index (χ2n) is 7.04. The van der Waals surface area contributed by atoms with Crippen molar-refractivity contribution < 1.29 is 4.74 Å². The van der Waals surface area contributed by atoms with Crippen LogP contribution in [0.4, 0.5) is 0 Å². The second-order valence-corrected chi connectivity index (χ2v) is 7.04. The third-order valence-electron chi connectivity index (χ3n) is 5.46. The lowest BCUT2D eigenvalue weighted by Gasteiger charge is -2.43. The van der Waals surface area contributed by atoms with Gasteiger partial charge in [0.05, 0.1) is 0 Å². The summed E-state index contributed by atoms with van der Waals surface area (Å²) in [4.78, 5) is 6.74. The monoisotopic (exact) mass is 310 g/mol. The molecule has 5 nitrogen and oxygen atoms in total. The van der Waals surface area contributed by atoms with E-state index in [9.17, 15) is 0 Å². The topological polar surface area (TPSA) is 48.9 Å². The van der Waals surface area contributed by atoms with Gasteiger partial charge in [-0.05, 0) is 45.7 Å². The molecule has 0 aromatic carbocycles. The first-order chi connectivity index (χ1) is 10.7. The molecule has 0 atom stereocenters. The van der Waals surface area contributed by atoms with Crippen LogP contribution in [-0.2, 0) is 4.74 Å². The zero-order chi connectivity index (χ0) is 15.8. The van der Waals surface area contributed by atoms with Crippen LogP contribution >= 0.6 is 0 Å². The van der Waals surface area contributed by atoms with E-state index in [0.717, 1.165) is 51.0 Å². The molecular formula is C17H34N4O. The maximum Gasteiger partial charge on any atom is 0.191 e. The van der Waals surface area contributed by atoms with Crippen LogP contribution in [0.15, 0.2) is 4.99 Å². The molecule has 1 aliphatic carbocycles. The molecule has 0 bridgehead atoms. The number of hydrogen-bond donors (Lipinski definition) is 2. The van der Waals surface area contributed by atoms with Crippen LogP contribution in [0.3, 0.4) is 0 Å². The van der Waals surface area contributed by atoms with Gasteiger partial charge in [0.25, 0.3) is 0 Å². The molecule has 2 aliphatic rings. The summed E-state index contributed by atoms with van der Waals surface area (Å²) < 4.78 is 5.53. The first kappa shape index (κ1) is 17.5. The molecule has 0 amide bonds. The Morgan fingerprint density at radius 3 is 2.41 bits per heavy atom. The molecule has 22 heavy (non-hydrogen) atoms. The van der Waals surface area contributed by atoms with Crippen molar-refractivity contribution >= 4 is 5.96 Å². The molecule has 0 radical (unpaired) electrons. The molecule has 0 aromatic heterocycles. The minimum atomic E-state index is 0.181. The van der Waals surface area contributed by atoms with Gasteiger partial charge >= 0.3 is 0 Å². The highest BCUT2D eigenvalue weighted by Gasteiger charge is 2.34. The molecule has 0 spiro atoms. The third kappa shape index (κ3) is 4.85. The zero-order valence-electron chi connectivity index (χ0n) is 14.7. The minimum absolute atomic E-state index is 0.181. The predicted molar refractivity (Wildman–Crippen MR) is 92.4 cm³/mol. The van der Waals surface area contributed by atoms with Crippen molar-refractivity contribution in [3.05, 3.63) is 0 Å². The van der Waals surface area contributed by atoms with E-state index < -0.39 is 0 Å². The highest BCUT2D eigenvalue weighted by molar-refractivity contribution is 5.79. The quantitative estimate of drug-likeness (QED) is 0.601. The summed E-state index contributed by atoms with van der Waals surface area (Å²) in [6, 6.07) is 0. The Hall–Kier alpha value is -0.810. The van der Waals surface area contributed by atoms with Gasteiger partial charge in [-0.15, -0.1) is 0 Å². The zero-order valence-corrected chi connectivity index (χ0v) is 14.7. The fraction of sp³-hybridized carbons (Fsp3) is 0.941. The molecule has 2 fully saturated rings. The van der Waals surface area contributed by atoms with Gasteiger partial charge < -0.3 is 20.3 Å². The standard InChI is InChI=1S/C17H34N4O/c1-18-16(19-13-15-7-5-4-6-8-15)20-14-17(21(2)3)9-11-22-12-10-17/h15H,4-14H2,1-3H3,(H2,18,19,20). The summed E-state index contributed by atoms with van der Waals surface area (Å²) >= 11 is 0. The summed E-state index contributed by atoms with van der Waals surface area (Å²) in [6.07, 6.45) is 9.08. The molecule has 1 heterocycles. The number of likely N-dealkylation sites (N-methyl/N-ethyl adjacent to an activating group) is 1. The Labute approximate surface area is 135 Å². The molecule has 1 aliphatic heterocycles. The lowest BCUT2D eigenvalue weighted by atomic mass is 9.88. The minimum Gasteiger partial charge on any atom is -0.381 e. The van der Waals surface area contributed by atoms with Crippen LogP contribution in [0, 0.1) is 5.92 Å². The van der Waals surface area contributed by atoms with Crippen LogP contribution in [0.25, 0.3) is 0 Å². The highest BCUT2D eigenvalue weighted by atomic mass is 16.5. The van der Waals surface area contributed by atoms with E-state index in [-0.39, 0.29) is 5.54 Å². The van der Waals surface area contributed by atoms with Crippen molar-refractivity contribution in [1.82, 2.24) is 15.5 Å². The van der Waals surface area contributed by atoms with Gasteiger partial charge in [-0.25, -0.2) is 0 Å². The van der Waals surface area contributed by atoms with Crippen molar-refractivity contribution in [2.45, 2.75) is 50.5 Å². The van der Waals surface area contributed by atoms with E-state index in [1.165, 1.54) is 32.1 Å². The van der Waals surface area contributed by atoms with Crippen LogP contribution in [-0.4, -0.2) is 63.8 Å². The first-order valence-electron chi connectivity index (χ1n) is 8.86. The average molecular weight is 310 g/mol. The number of rotatable bonds is 5. The maximum atomic E-state index is 5.53. The fourth-order valence-electron chi connectivity index (χ4n) is 3.63. The van der Waals surface area contributed by atoms with E-state index in [1.54, 1.807) is 0 Å². The van der Waals surface area contributed by atoms with Crippen LogP contribution < -0.4 is 10.6 Å². The van der Waals surface area contributed by atoms with E-state index in [4.69, 9.17) is 4.74 Å². The molecule has 1 saturated carbocycles. The van der Waals surface area contributed by atoms with Gasteiger partial charge in [0.1, 0.15) is 0 Å². The molecule has 2 N–H and O–H groups in total. The van der Waals surface area contributed by atoms with Crippen molar-refractivity contribution in [3.63, 3.8) is 0 Å². The van der Waals surface area contributed by atoms with Gasteiger partial charge in [-0.2, -0.15) is 0 Å². The summed E-state index contributed by atoms with van der Waals surface area (Å²) in [7, 11) is 6.21. The van der Waals surface area contributed by atoms with Gasteiger partial charge in [0.15, 0.2) is 5.96 Å². The van der Waals surface area contributed by atoms with E-state index in [0.29, 0.717) is 0 Å². The molecule has 5 heteroatoms. The Morgan fingerprint density at radius 2 is 1.82 bits per heavy atom. The summed E-state index contributed by atoms with van der Waals surface area (Å²) in [5.74, 6) is 1.76. The summed E-state index contributed by atoms with van der Waals surface area (Å²) in [5.41, 5.74) is 0.181. The van der Waals surface area contributed by atoms with Gasteiger partial charge in [-0.1, -0.05) is 19.3 Å². The molecule has 0 unspecified atom stereocenters. The smallest absolute Gasteiger partial charge is 0.191 e. The Kier molecular flexibility index (Phi) is 6.96. The van der Waals surface area contributed by atoms with Gasteiger partial charge in [0, 0.05) is 38.9 Å². The number of ether oxygens (including phenoxy) is 1. The van der Waals surface area contributed by atoms with Gasteiger partial charge in [0.2, 0.25) is 0 Å². The maximum absolute atomic E-state index is 5.53. The van der Waals surface area contributed by atoms with E-state index in [2.05, 4.69) is 34.6 Å². The second kappa shape index (κ2) is 8.73. The average Bonchev–Trinajstić information content (AvgIpc) is 2.56. The lowest BCUT2D eigenvalue weighted by Crippen LogP contribution is -2.57. The van der Waals surface area contributed by atoms with E-state index >= 15 is 0 Å². The molecule has 0 aromatic rings. The SMILES string of the molecule is CN=C(NCC1CCCCC1)NCC1(N(C)C)CCOCC1. The first-order valence-corrected chi connectivity index (χ1v) is 8.86. The van der Waals surface area contributed by atoms with Crippen molar-refractivity contribution in [1.29, 1.82) is 0 Å². The number of hydrogen-bond acceptors (Lipinski definition) is 3. The summed E-state index contributed by atoms with van der Waals surface area (Å²) in [6.45, 7) is 3.69. The number of nitrogens with zero attached hydrogens (tertiary/aromatic N) is 2. The number of guanidine groups is 1. The third-order valence-corrected chi connectivity index (χ3v) is 5.46.